The van der Waals surface area contributed by atoms with Gasteiger partial charge in [0, 0.05) is 24.2 Å². The monoisotopic (exact) mass is 313 g/mol. The van der Waals surface area contributed by atoms with Gasteiger partial charge in [-0.1, -0.05) is 17.6 Å². The van der Waals surface area contributed by atoms with Crippen LogP contribution in [0.15, 0.2) is 35.0 Å². The number of nitrogens with zero attached hydrogens (tertiary/aromatic N) is 2. The van der Waals surface area contributed by atoms with Gasteiger partial charge in [-0.3, -0.25) is 15.2 Å². The minimum absolute atomic E-state index is 0.00249. The van der Waals surface area contributed by atoms with Crippen molar-refractivity contribution in [1.29, 1.82) is 0 Å². The number of fused-ring (bicyclic) bond motifs is 1. The van der Waals surface area contributed by atoms with Crippen LogP contribution in [0, 0.1) is 5.92 Å². The van der Waals surface area contributed by atoms with Crippen LogP contribution in [-0.4, -0.2) is 28.1 Å². The van der Waals surface area contributed by atoms with Crippen molar-refractivity contribution in [3.8, 4) is 11.4 Å². The molecule has 7 nitrogen and oxygen atoms in total. The Morgan fingerprint density at radius 1 is 1.30 bits per heavy atom. The lowest BCUT2D eigenvalue weighted by Crippen LogP contribution is -2.45. The number of rotatable bonds is 4. The standard InChI is InChI=1S/C16H19N5O2/c22-16(15-11-4-3-6-12(11)19-20-15)18-9-10-8-14(21-23-10)13-5-1-2-7-17-13/h1-2,5,7-8,11-12,15,19-20H,3-4,6,9H2,(H,18,22). The molecule has 3 heterocycles. The summed E-state index contributed by atoms with van der Waals surface area (Å²) >= 11 is 0. The smallest absolute Gasteiger partial charge is 0.239 e. The fourth-order valence-electron chi connectivity index (χ4n) is 3.45. The van der Waals surface area contributed by atoms with E-state index in [1.807, 2.05) is 18.2 Å². The summed E-state index contributed by atoms with van der Waals surface area (Å²) in [5.41, 5.74) is 7.75. The van der Waals surface area contributed by atoms with Crippen molar-refractivity contribution in [1.82, 2.24) is 26.3 Å². The highest BCUT2D eigenvalue weighted by atomic mass is 16.5. The molecule has 3 N–H and O–H groups in total. The Morgan fingerprint density at radius 3 is 3.13 bits per heavy atom. The molecule has 120 valence electrons. The van der Waals surface area contributed by atoms with E-state index in [1.54, 1.807) is 12.3 Å². The van der Waals surface area contributed by atoms with Crippen molar-refractivity contribution < 1.29 is 9.32 Å². The summed E-state index contributed by atoms with van der Waals surface area (Å²) in [7, 11) is 0. The molecule has 3 unspecified atom stereocenters. The fourth-order valence-corrected chi connectivity index (χ4v) is 3.45. The molecule has 1 saturated carbocycles. The molecule has 1 aliphatic carbocycles. The van der Waals surface area contributed by atoms with Crippen LogP contribution >= 0.6 is 0 Å². The number of aromatic nitrogens is 2. The van der Waals surface area contributed by atoms with Gasteiger partial charge in [-0.25, -0.2) is 5.43 Å². The maximum atomic E-state index is 12.4. The maximum absolute atomic E-state index is 12.4. The molecule has 3 atom stereocenters. The number of hydrogen-bond donors (Lipinski definition) is 3. The summed E-state index contributed by atoms with van der Waals surface area (Å²) in [6.45, 7) is 0.328. The third kappa shape index (κ3) is 2.85. The number of hydrazine groups is 1. The Kier molecular flexibility index (Phi) is 3.80. The average molecular weight is 313 g/mol. The first-order valence-electron chi connectivity index (χ1n) is 7.97. The molecule has 0 radical (unpaired) electrons. The molecule has 0 bridgehead atoms. The predicted octanol–water partition coefficient (Wildman–Crippen LogP) is 0.998. The number of carbonyl (C=O) groups is 1. The summed E-state index contributed by atoms with van der Waals surface area (Å²) in [6, 6.07) is 7.68. The molecular formula is C16H19N5O2. The molecule has 1 aliphatic heterocycles. The SMILES string of the molecule is O=C(NCc1cc(-c2ccccn2)no1)C1NNC2CCCC21. The summed E-state index contributed by atoms with van der Waals surface area (Å²) in [6.07, 6.45) is 5.12. The van der Waals surface area contributed by atoms with Crippen LogP contribution in [-0.2, 0) is 11.3 Å². The van der Waals surface area contributed by atoms with Gasteiger partial charge < -0.3 is 9.84 Å². The second-order valence-corrected chi connectivity index (χ2v) is 6.08. The molecule has 2 aromatic rings. The van der Waals surface area contributed by atoms with Crippen molar-refractivity contribution in [2.24, 2.45) is 5.92 Å². The topological polar surface area (TPSA) is 92.1 Å². The fraction of sp³-hybridized carbons (Fsp3) is 0.438. The van der Waals surface area contributed by atoms with E-state index in [1.165, 1.54) is 6.42 Å². The average Bonchev–Trinajstić information content (AvgIpc) is 3.29. The molecule has 4 rings (SSSR count). The Bertz CT molecular complexity index is 687. The van der Waals surface area contributed by atoms with Crippen LogP contribution < -0.4 is 16.2 Å². The first-order valence-corrected chi connectivity index (χ1v) is 7.97. The van der Waals surface area contributed by atoms with Crippen molar-refractivity contribution in [3.05, 3.63) is 36.2 Å². The number of hydrogen-bond acceptors (Lipinski definition) is 6. The van der Waals surface area contributed by atoms with Gasteiger partial charge in [-0.15, -0.1) is 0 Å². The summed E-state index contributed by atoms with van der Waals surface area (Å²) in [5, 5.41) is 6.92. The Labute approximate surface area is 133 Å². The summed E-state index contributed by atoms with van der Waals surface area (Å²) in [5.74, 6) is 1.00. The van der Waals surface area contributed by atoms with E-state index in [0.717, 1.165) is 18.5 Å². The minimum atomic E-state index is -0.166. The molecule has 23 heavy (non-hydrogen) atoms. The molecule has 2 aromatic heterocycles. The van der Waals surface area contributed by atoms with Crippen LogP contribution in [0.1, 0.15) is 25.0 Å². The van der Waals surface area contributed by atoms with Gasteiger partial charge in [0.1, 0.15) is 11.7 Å². The molecule has 0 spiro atoms. The lowest BCUT2D eigenvalue weighted by molar-refractivity contribution is -0.124. The molecule has 2 aliphatic rings. The van der Waals surface area contributed by atoms with E-state index < -0.39 is 0 Å². The molecule has 0 aromatic carbocycles. The van der Waals surface area contributed by atoms with Crippen LogP contribution in [0.4, 0.5) is 0 Å². The summed E-state index contributed by atoms with van der Waals surface area (Å²) < 4.78 is 5.28. The van der Waals surface area contributed by atoms with Crippen molar-refractivity contribution in [2.45, 2.75) is 37.9 Å². The molecular weight excluding hydrogens is 294 g/mol. The van der Waals surface area contributed by atoms with Gasteiger partial charge >= 0.3 is 0 Å². The van der Waals surface area contributed by atoms with E-state index in [2.05, 4.69) is 26.3 Å². The highest BCUT2D eigenvalue weighted by molar-refractivity contribution is 5.82. The van der Waals surface area contributed by atoms with E-state index in [9.17, 15) is 4.79 Å². The second kappa shape index (κ2) is 6.10. The van der Waals surface area contributed by atoms with Gasteiger partial charge in [-0.2, -0.15) is 0 Å². The predicted molar refractivity (Wildman–Crippen MR) is 82.8 cm³/mol. The van der Waals surface area contributed by atoms with Crippen molar-refractivity contribution in [3.63, 3.8) is 0 Å². The Morgan fingerprint density at radius 2 is 2.26 bits per heavy atom. The van der Waals surface area contributed by atoms with E-state index in [-0.39, 0.29) is 11.9 Å². The number of pyridine rings is 1. The van der Waals surface area contributed by atoms with Gasteiger partial charge in [0.05, 0.1) is 12.2 Å². The lowest BCUT2D eigenvalue weighted by atomic mass is 9.97. The van der Waals surface area contributed by atoms with Gasteiger partial charge in [0.25, 0.3) is 0 Å². The van der Waals surface area contributed by atoms with Crippen LogP contribution in [0.5, 0.6) is 0 Å². The minimum Gasteiger partial charge on any atom is -0.359 e. The molecule has 2 fully saturated rings. The van der Waals surface area contributed by atoms with Crippen LogP contribution in [0.3, 0.4) is 0 Å². The van der Waals surface area contributed by atoms with E-state index in [4.69, 9.17) is 4.52 Å². The maximum Gasteiger partial charge on any atom is 0.239 e. The largest absolute Gasteiger partial charge is 0.359 e. The number of amides is 1. The number of nitrogens with one attached hydrogen (secondary N) is 3. The first kappa shape index (κ1) is 14.3. The third-order valence-electron chi connectivity index (χ3n) is 4.63. The van der Waals surface area contributed by atoms with Crippen molar-refractivity contribution >= 4 is 5.91 Å². The van der Waals surface area contributed by atoms with Crippen molar-refractivity contribution in [2.75, 3.05) is 0 Å². The van der Waals surface area contributed by atoms with Gasteiger partial charge in [0.2, 0.25) is 5.91 Å². The third-order valence-corrected chi connectivity index (χ3v) is 4.63. The molecule has 1 saturated heterocycles. The Balaban J connectivity index is 1.36. The van der Waals surface area contributed by atoms with Gasteiger partial charge in [0.15, 0.2) is 5.76 Å². The first-order chi connectivity index (χ1) is 11.3. The summed E-state index contributed by atoms with van der Waals surface area (Å²) in [4.78, 5) is 16.6. The van der Waals surface area contributed by atoms with Crippen LogP contribution in [0.2, 0.25) is 0 Å². The zero-order chi connectivity index (χ0) is 15.6. The molecule has 7 heteroatoms. The Hall–Kier alpha value is -2.25. The zero-order valence-electron chi connectivity index (χ0n) is 12.7. The van der Waals surface area contributed by atoms with E-state index >= 15 is 0 Å². The van der Waals surface area contributed by atoms with E-state index in [0.29, 0.717) is 30.0 Å². The zero-order valence-corrected chi connectivity index (χ0v) is 12.7. The molecule has 1 amide bonds. The highest BCUT2D eigenvalue weighted by Gasteiger charge is 2.42. The van der Waals surface area contributed by atoms with Gasteiger partial charge in [-0.05, 0) is 25.0 Å². The highest BCUT2D eigenvalue weighted by Crippen LogP contribution is 2.31. The normalized spacial score (nSPS) is 26.2. The quantitative estimate of drug-likeness (QED) is 0.780. The second-order valence-electron chi connectivity index (χ2n) is 6.08. The lowest BCUT2D eigenvalue weighted by Gasteiger charge is -2.15. The number of carbonyl (C=O) groups excluding carboxylic acids is 1. The van der Waals surface area contributed by atoms with Crippen LogP contribution in [0.25, 0.3) is 11.4 Å².